The highest BCUT2D eigenvalue weighted by atomic mass is 16.7. The number of ether oxygens (including phenoxy) is 6. The van der Waals surface area contributed by atoms with Crippen LogP contribution in [0.3, 0.4) is 0 Å². The molecule has 0 aromatic heterocycles. The Balaban J connectivity index is 1.84. The molecule has 0 bridgehead atoms. The summed E-state index contributed by atoms with van der Waals surface area (Å²) < 4.78 is 33.5. The molecule has 67 heavy (non-hydrogen) atoms. The maximum absolute atomic E-state index is 13.0. The molecule has 2 rings (SSSR count). The Morgan fingerprint density at radius 2 is 0.925 bits per heavy atom. The number of carbonyl (C=O) groups is 2. The summed E-state index contributed by atoms with van der Waals surface area (Å²) in [5.41, 5.74) is 0. The van der Waals surface area contributed by atoms with Crippen molar-refractivity contribution in [2.24, 2.45) is 0 Å². The monoisotopic (exact) mass is 953 g/mol. The molecule has 15 nitrogen and oxygen atoms in total. The summed E-state index contributed by atoms with van der Waals surface area (Å²) in [7, 11) is 0. The fraction of sp³-hybridized carbons (Fsp3) is 0.769. The van der Waals surface area contributed by atoms with Crippen LogP contribution in [0.2, 0.25) is 0 Å². The zero-order valence-corrected chi connectivity index (χ0v) is 40.6. The summed E-state index contributed by atoms with van der Waals surface area (Å²) in [6.45, 7) is 2.45. The highest BCUT2D eigenvalue weighted by molar-refractivity contribution is 5.70. The molecule has 2 fully saturated rings. The maximum atomic E-state index is 13.0. The quantitative estimate of drug-likeness (QED) is 0.0190. The minimum Gasteiger partial charge on any atom is -0.462 e. The van der Waals surface area contributed by atoms with E-state index in [1.807, 2.05) is 0 Å². The van der Waals surface area contributed by atoms with Crippen molar-refractivity contribution in [1.82, 2.24) is 0 Å². The third-order valence-corrected chi connectivity index (χ3v) is 11.7. The average Bonchev–Trinajstić information content (AvgIpc) is 3.32. The van der Waals surface area contributed by atoms with E-state index in [4.69, 9.17) is 28.4 Å². The second-order valence-electron chi connectivity index (χ2n) is 17.6. The average molecular weight is 953 g/mol. The van der Waals surface area contributed by atoms with Crippen LogP contribution in [-0.2, 0) is 38.0 Å². The summed E-state index contributed by atoms with van der Waals surface area (Å²) in [4.78, 5) is 25.7. The largest absolute Gasteiger partial charge is 0.462 e. The fourth-order valence-electron chi connectivity index (χ4n) is 7.49. The van der Waals surface area contributed by atoms with Crippen molar-refractivity contribution in [3.63, 3.8) is 0 Å². The van der Waals surface area contributed by atoms with E-state index >= 15 is 0 Å². The molecular formula is C52H88O15. The molecule has 7 N–H and O–H groups in total. The van der Waals surface area contributed by atoms with Crippen molar-refractivity contribution in [3.8, 4) is 0 Å². The zero-order chi connectivity index (χ0) is 48.9. The Hall–Kier alpha value is -2.80. The summed E-state index contributed by atoms with van der Waals surface area (Å²) in [5.74, 6) is -0.975. The molecule has 15 heteroatoms. The summed E-state index contributed by atoms with van der Waals surface area (Å²) >= 11 is 0. The Morgan fingerprint density at radius 1 is 0.478 bits per heavy atom. The van der Waals surface area contributed by atoms with Gasteiger partial charge in [0, 0.05) is 12.8 Å². The predicted molar refractivity (Wildman–Crippen MR) is 256 cm³/mol. The lowest BCUT2D eigenvalue weighted by molar-refractivity contribution is -0.332. The molecule has 0 amide bonds. The number of aliphatic hydroxyl groups is 7. The Morgan fingerprint density at radius 3 is 1.49 bits per heavy atom. The molecule has 0 radical (unpaired) electrons. The number of aliphatic hydroxyl groups excluding tert-OH is 7. The van der Waals surface area contributed by atoms with Crippen molar-refractivity contribution in [2.45, 2.75) is 229 Å². The van der Waals surface area contributed by atoms with Gasteiger partial charge in [0.1, 0.15) is 55.4 Å². The molecule has 2 aliphatic rings. The number of rotatable bonds is 38. The van der Waals surface area contributed by atoms with Gasteiger partial charge in [-0.2, -0.15) is 0 Å². The van der Waals surface area contributed by atoms with Crippen molar-refractivity contribution < 1.29 is 73.8 Å². The standard InChI is InChI=1S/C52H88O15/c1-3-5-7-9-11-13-15-17-19-20-21-23-24-26-28-30-32-34-43(54)62-37-40(65-44(55)35-33-31-29-27-25-22-18-16-14-12-10-8-6-4-2)38-63-51-50(61)48(59)46(57)42(67-51)39-64-52-49(60)47(58)45(56)41(36-53)66-52/h7,9,13,15-16,18-20,23-24,40-42,45-53,56-61H,3-6,8,10-12,14,17,21-22,25-39H2,1-2H3/b9-7+,15-13+,18-16+,20-19+,24-23+/t40-,41+,42+,45-,46-,47?,48?,49?,50?,51+,52+/m0/s1. The molecular weight excluding hydrogens is 865 g/mol. The number of allylic oxidation sites excluding steroid dienone is 10. The molecule has 4 unspecified atom stereocenters. The number of hydrogen-bond acceptors (Lipinski definition) is 15. The minimum absolute atomic E-state index is 0.145. The summed E-state index contributed by atoms with van der Waals surface area (Å²) in [6.07, 6.45) is 26.7. The van der Waals surface area contributed by atoms with Gasteiger partial charge in [-0.05, 0) is 77.0 Å². The van der Waals surface area contributed by atoms with Gasteiger partial charge in [0.2, 0.25) is 0 Å². The summed E-state index contributed by atoms with van der Waals surface area (Å²) in [6, 6.07) is 0. The molecule has 0 aliphatic carbocycles. The van der Waals surface area contributed by atoms with Gasteiger partial charge in [-0.1, -0.05) is 132 Å². The minimum atomic E-state index is -1.77. The van der Waals surface area contributed by atoms with Crippen LogP contribution in [0.5, 0.6) is 0 Å². The van der Waals surface area contributed by atoms with Gasteiger partial charge in [-0.25, -0.2) is 0 Å². The van der Waals surface area contributed by atoms with E-state index in [1.165, 1.54) is 38.5 Å². The van der Waals surface area contributed by atoms with Crippen molar-refractivity contribution >= 4 is 11.9 Å². The lowest BCUT2D eigenvalue weighted by atomic mass is 9.98. The zero-order valence-electron chi connectivity index (χ0n) is 40.6. The first-order valence-electron chi connectivity index (χ1n) is 25.4. The lowest BCUT2D eigenvalue weighted by Crippen LogP contribution is -2.61. The second kappa shape index (κ2) is 39.0. The first kappa shape index (κ1) is 60.3. The van der Waals surface area contributed by atoms with E-state index in [-0.39, 0.29) is 19.4 Å². The molecule has 0 aromatic rings. The van der Waals surface area contributed by atoms with Crippen molar-refractivity contribution in [1.29, 1.82) is 0 Å². The number of hydrogen-bond donors (Lipinski definition) is 7. The SMILES string of the molecule is CCC/C=C/C/C=C/C/C=C/C/C=C/CCCCCC(=O)OC[C@@H](CO[C@@H]1O[C@H](CO[C@@H]2O[C@H](CO)[C@H](O)C(O)C2O)[C@H](O)C(O)C1O)OC(=O)CCCCCCC/C=C/CCCCCCC. The molecule has 2 aliphatic heterocycles. The molecule has 2 heterocycles. The van der Waals surface area contributed by atoms with Crippen LogP contribution < -0.4 is 0 Å². The van der Waals surface area contributed by atoms with E-state index in [2.05, 4.69) is 74.6 Å². The molecule has 11 atom stereocenters. The molecule has 0 spiro atoms. The van der Waals surface area contributed by atoms with Crippen LogP contribution in [0.4, 0.5) is 0 Å². The lowest BCUT2D eigenvalue weighted by Gasteiger charge is -2.42. The normalized spacial score (nSPS) is 26.5. The summed E-state index contributed by atoms with van der Waals surface area (Å²) in [5, 5.41) is 72.0. The topological polar surface area (TPSA) is 231 Å². The number of unbranched alkanes of at least 4 members (excludes halogenated alkanes) is 14. The smallest absolute Gasteiger partial charge is 0.306 e. The van der Waals surface area contributed by atoms with Gasteiger partial charge in [0.05, 0.1) is 19.8 Å². The number of esters is 2. The van der Waals surface area contributed by atoms with Crippen LogP contribution in [0.1, 0.15) is 162 Å². The van der Waals surface area contributed by atoms with Crippen LogP contribution in [0, 0.1) is 0 Å². The van der Waals surface area contributed by atoms with E-state index in [1.54, 1.807) is 0 Å². The van der Waals surface area contributed by atoms with Crippen LogP contribution in [-0.4, -0.2) is 142 Å². The van der Waals surface area contributed by atoms with Gasteiger partial charge in [0.25, 0.3) is 0 Å². The molecule has 0 saturated carbocycles. The third-order valence-electron chi connectivity index (χ3n) is 11.7. The van der Waals surface area contributed by atoms with Gasteiger partial charge in [-0.3, -0.25) is 9.59 Å². The molecule has 0 aromatic carbocycles. The van der Waals surface area contributed by atoms with Gasteiger partial charge in [-0.15, -0.1) is 0 Å². The van der Waals surface area contributed by atoms with Crippen LogP contribution in [0.25, 0.3) is 0 Å². The molecule has 2 saturated heterocycles. The first-order valence-corrected chi connectivity index (χ1v) is 25.4. The van der Waals surface area contributed by atoms with E-state index < -0.39 is 99.3 Å². The molecule has 386 valence electrons. The predicted octanol–water partition coefficient (Wildman–Crippen LogP) is 6.88. The van der Waals surface area contributed by atoms with E-state index in [0.717, 1.165) is 83.5 Å². The maximum Gasteiger partial charge on any atom is 0.306 e. The Labute approximate surface area is 400 Å². The van der Waals surface area contributed by atoms with Crippen molar-refractivity contribution in [3.05, 3.63) is 60.8 Å². The highest BCUT2D eigenvalue weighted by Gasteiger charge is 2.47. The van der Waals surface area contributed by atoms with Crippen LogP contribution >= 0.6 is 0 Å². The number of carbonyl (C=O) groups excluding carboxylic acids is 2. The van der Waals surface area contributed by atoms with Gasteiger partial charge < -0.3 is 64.2 Å². The van der Waals surface area contributed by atoms with Gasteiger partial charge >= 0.3 is 11.9 Å². The van der Waals surface area contributed by atoms with Gasteiger partial charge in [0.15, 0.2) is 18.7 Å². The van der Waals surface area contributed by atoms with Crippen LogP contribution in [0.15, 0.2) is 60.8 Å². The fourth-order valence-corrected chi connectivity index (χ4v) is 7.49. The van der Waals surface area contributed by atoms with E-state index in [9.17, 15) is 45.3 Å². The second-order valence-corrected chi connectivity index (χ2v) is 17.6. The Kier molecular flexibility index (Phi) is 35.1. The van der Waals surface area contributed by atoms with Crippen molar-refractivity contribution in [2.75, 3.05) is 26.4 Å². The first-order chi connectivity index (χ1) is 32.5. The third kappa shape index (κ3) is 27.3. The Bertz CT molecular complexity index is 1400. The van der Waals surface area contributed by atoms with E-state index in [0.29, 0.717) is 12.8 Å². The highest BCUT2D eigenvalue weighted by Crippen LogP contribution is 2.26.